The van der Waals surface area contributed by atoms with Gasteiger partial charge in [-0.1, -0.05) is 18.5 Å². The van der Waals surface area contributed by atoms with E-state index in [4.69, 9.17) is 11.6 Å². The highest BCUT2D eigenvalue weighted by molar-refractivity contribution is 6.29. The molecule has 0 saturated carbocycles. The third-order valence-corrected chi connectivity index (χ3v) is 3.51. The van der Waals surface area contributed by atoms with Gasteiger partial charge >= 0.3 is 0 Å². The molecule has 3 heteroatoms. The van der Waals surface area contributed by atoms with E-state index in [1.807, 2.05) is 6.07 Å². The lowest BCUT2D eigenvalue weighted by Gasteiger charge is -2.19. The van der Waals surface area contributed by atoms with Gasteiger partial charge in [0, 0.05) is 12.7 Å². The zero-order valence-corrected chi connectivity index (χ0v) is 10.6. The van der Waals surface area contributed by atoms with Crippen LogP contribution in [0.3, 0.4) is 0 Å². The largest absolute Gasteiger partial charge is 0.299 e. The molecule has 0 aromatic carbocycles. The van der Waals surface area contributed by atoms with Gasteiger partial charge < -0.3 is 0 Å². The summed E-state index contributed by atoms with van der Waals surface area (Å²) in [4.78, 5) is 6.53. The summed E-state index contributed by atoms with van der Waals surface area (Å²) < 4.78 is 0. The summed E-state index contributed by atoms with van der Waals surface area (Å²) in [5.74, 6) is 0.881. The second kappa shape index (κ2) is 5.65. The molecule has 1 aliphatic heterocycles. The van der Waals surface area contributed by atoms with Crippen LogP contribution in [-0.4, -0.2) is 23.0 Å². The van der Waals surface area contributed by atoms with E-state index in [1.54, 1.807) is 6.20 Å². The molecule has 2 rings (SSSR count). The molecule has 1 fully saturated rings. The van der Waals surface area contributed by atoms with Crippen LogP contribution in [0.25, 0.3) is 0 Å². The van der Waals surface area contributed by atoms with E-state index >= 15 is 0 Å². The lowest BCUT2D eigenvalue weighted by molar-refractivity contribution is 0.273. The Balaban J connectivity index is 1.93. The summed E-state index contributed by atoms with van der Waals surface area (Å²) in [5, 5.41) is 0.598. The molecule has 1 saturated heterocycles. The van der Waals surface area contributed by atoms with Crippen molar-refractivity contribution in [3.05, 3.63) is 29.0 Å². The van der Waals surface area contributed by atoms with Crippen LogP contribution >= 0.6 is 11.6 Å². The van der Waals surface area contributed by atoms with Crippen molar-refractivity contribution in [2.75, 3.05) is 13.1 Å². The van der Waals surface area contributed by atoms with Gasteiger partial charge in [0.1, 0.15) is 5.15 Å². The number of halogens is 1. The van der Waals surface area contributed by atoms with Crippen LogP contribution in [0.2, 0.25) is 5.15 Å². The van der Waals surface area contributed by atoms with Crippen LogP contribution < -0.4 is 0 Å². The molecule has 0 bridgehead atoms. The van der Waals surface area contributed by atoms with Gasteiger partial charge in [-0.3, -0.25) is 4.90 Å². The van der Waals surface area contributed by atoms with Gasteiger partial charge in [-0.25, -0.2) is 4.98 Å². The lowest BCUT2D eigenvalue weighted by atomic mass is 10.0. The van der Waals surface area contributed by atoms with Gasteiger partial charge in [0.15, 0.2) is 0 Å². The molecule has 1 atom stereocenters. The van der Waals surface area contributed by atoms with Crippen molar-refractivity contribution in [3.63, 3.8) is 0 Å². The number of aromatic nitrogens is 1. The van der Waals surface area contributed by atoms with Gasteiger partial charge in [0.25, 0.3) is 0 Å². The third kappa shape index (κ3) is 3.46. The minimum Gasteiger partial charge on any atom is -0.299 e. The number of hydrogen-bond donors (Lipinski definition) is 0. The molecule has 0 N–H and O–H groups in total. The summed E-state index contributed by atoms with van der Waals surface area (Å²) in [7, 11) is 0. The number of hydrogen-bond acceptors (Lipinski definition) is 2. The quantitative estimate of drug-likeness (QED) is 0.735. The van der Waals surface area contributed by atoms with Crippen LogP contribution in [0, 0.1) is 5.92 Å². The van der Waals surface area contributed by atoms with Crippen molar-refractivity contribution in [3.8, 4) is 0 Å². The average Bonchev–Trinajstić information content (AvgIpc) is 2.44. The smallest absolute Gasteiger partial charge is 0.129 e. The van der Waals surface area contributed by atoms with Crippen molar-refractivity contribution in [2.24, 2.45) is 5.92 Å². The van der Waals surface area contributed by atoms with Crippen molar-refractivity contribution >= 4 is 11.6 Å². The predicted molar refractivity (Wildman–Crippen MR) is 67.5 cm³/mol. The van der Waals surface area contributed by atoms with E-state index in [0.29, 0.717) is 5.15 Å². The Morgan fingerprint density at radius 3 is 3.12 bits per heavy atom. The van der Waals surface area contributed by atoms with Gasteiger partial charge in [0.05, 0.1) is 0 Å². The lowest BCUT2D eigenvalue weighted by Crippen LogP contribution is -2.24. The monoisotopic (exact) mass is 238 g/mol. The minimum atomic E-state index is 0.598. The second-order valence-electron chi connectivity index (χ2n) is 4.80. The zero-order valence-electron chi connectivity index (χ0n) is 9.82. The molecule has 1 aromatic rings. The zero-order chi connectivity index (χ0) is 11.4. The number of nitrogens with zero attached hydrogens (tertiary/aromatic N) is 2. The van der Waals surface area contributed by atoms with Gasteiger partial charge in [0.2, 0.25) is 0 Å². The van der Waals surface area contributed by atoms with Crippen LogP contribution in [-0.2, 0) is 6.54 Å². The Bertz CT molecular complexity index is 340. The van der Waals surface area contributed by atoms with Gasteiger partial charge in [-0.05, 0) is 56.0 Å². The topological polar surface area (TPSA) is 16.1 Å². The molecule has 88 valence electrons. The van der Waals surface area contributed by atoms with E-state index in [9.17, 15) is 0 Å². The summed E-state index contributed by atoms with van der Waals surface area (Å²) in [6.07, 6.45) is 5.80. The van der Waals surface area contributed by atoms with Crippen molar-refractivity contribution < 1.29 is 0 Å². The number of rotatable bonds is 2. The fourth-order valence-corrected chi connectivity index (χ4v) is 2.48. The standard InChI is InChI=1S/C13H19ClN2/c1-11-3-2-7-16(8-5-11)10-12-4-6-15-13(14)9-12/h4,6,9,11H,2-3,5,7-8,10H2,1H3. The molecule has 0 spiro atoms. The molecule has 2 heterocycles. The van der Waals surface area contributed by atoms with Gasteiger partial charge in [-0.15, -0.1) is 0 Å². The van der Waals surface area contributed by atoms with Crippen LogP contribution in [0.1, 0.15) is 31.7 Å². The van der Waals surface area contributed by atoms with Crippen molar-refractivity contribution in [1.29, 1.82) is 0 Å². The molecule has 0 aliphatic carbocycles. The Labute approximate surface area is 103 Å². The first kappa shape index (κ1) is 11.9. The molecule has 16 heavy (non-hydrogen) atoms. The Morgan fingerprint density at radius 1 is 1.44 bits per heavy atom. The maximum atomic E-state index is 5.89. The average molecular weight is 239 g/mol. The van der Waals surface area contributed by atoms with E-state index < -0.39 is 0 Å². The van der Waals surface area contributed by atoms with Crippen LogP contribution in [0.4, 0.5) is 0 Å². The molecule has 0 radical (unpaired) electrons. The van der Waals surface area contributed by atoms with Crippen molar-refractivity contribution in [1.82, 2.24) is 9.88 Å². The number of pyridine rings is 1. The molecule has 1 aromatic heterocycles. The Kier molecular flexibility index (Phi) is 4.19. The molecule has 0 amide bonds. The predicted octanol–water partition coefficient (Wildman–Crippen LogP) is 3.36. The third-order valence-electron chi connectivity index (χ3n) is 3.31. The van der Waals surface area contributed by atoms with E-state index in [0.717, 1.165) is 12.5 Å². The Hall–Kier alpha value is -0.600. The molecule has 1 unspecified atom stereocenters. The SMILES string of the molecule is CC1CCCN(Cc2ccnc(Cl)c2)CC1. The summed E-state index contributed by atoms with van der Waals surface area (Å²) >= 11 is 5.89. The van der Waals surface area contributed by atoms with E-state index in [-0.39, 0.29) is 0 Å². The van der Waals surface area contributed by atoms with Crippen molar-refractivity contribution in [2.45, 2.75) is 32.7 Å². The summed E-state index contributed by atoms with van der Waals surface area (Å²) in [5.41, 5.74) is 1.27. The fourth-order valence-electron chi connectivity index (χ4n) is 2.28. The van der Waals surface area contributed by atoms with Gasteiger partial charge in [-0.2, -0.15) is 0 Å². The van der Waals surface area contributed by atoms with E-state index in [2.05, 4.69) is 22.9 Å². The first-order valence-corrected chi connectivity index (χ1v) is 6.44. The van der Waals surface area contributed by atoms with Crippen LogP contribution in [0.15, 0.2) is 18.3 Å². The molecule has 1 aliphatic rings. The highest BCUT2D eigenvalue weighted by Gasteiger charge is 2.13. The number of likely N-dealkylation sites (tertiary alicyclic amines) is 1. The molecule has 2 nitrogen and oxygen atoms in total. The fraction of sp³-hybridized carbons (Fsp3) is 0.615. The first-order valence-electron chi connectivity index (χ1n) is 6.07. The maximum Gasteiger partial charge on any atom is 0.129 e. The highest BCUT2D eigenvalue weighted by atomic mass is 35.5. The maximum absolute atomic E-state index is 5.89. The summed E-state index contributed by atoms with van der Waals surface area (Å²) in [6.45, 7) is 5.78. The molecular formula is C13H19ClN2. The van der Waals surface area contributed by atoms with Crippen LogP contribution in [0.5, 0.6) is 0 Å². The van der Waals surface area contributed by atoms with E-state index in [1.165, 1.54) is 37.9 Å². The minimum absolute atomic E-state index is 0.598. The molecular weight excluding hydrogens is 220 g/mol. The first-order chi connectivity index (χ1) is 7.74. The highest BCUT2D eigenvalue weighted by Crippen LogP contribution is 2.18. The summed E-state index contributed by atoms with van der Waals surface area (Å²) in [6, 6.07) is 4.02. The Morgan fingerprint density at radius 2 is 2.31 bits per heavy atom. The normalized spacial score (nSPS) is 23.0. The second-order valence-corrected chi connectivity index (χ2v) is 5.19.